The molecule has 0 rings (SSSR count). The Bertz CT molecular complexity index is 154. The average molecular weight is 157 g/mol. The van der Waals surface area contributed by atoms with Crippen LogP contribution in [0.5, 0.6) is 0 Å². The van der Waals surface area contributed by atoms with Gasteiger partial charge < -0.3 is 5.73 Å². The molecule has 0 aliphatic carbocycles. The molecule has 0 aromatic heterocycles. The molecule has 64 valence electrons. The molecule has 11 heavy (non-hydrogen) atoms. The van der Waals surface area contributed by atoms with Gasteiger partial charge in [-0.15, -0.1) is 0 Å². The van der Waals surface area contributed by atoms with Crippen LogP contribution in [-0.2, 0) is 9.59 Å². The summed E-state index contributed by atoms with van der Waals surface area (Å²) in [5.41, 5.74) is 4.85. The second-order valence-corrected chi connectivity index (χ2v) is 2.90. The Kier molecular flexibility index (Phi) is 4.50. The normalized spacial score (nSPS) is 12.5. The lowest BCUT2D eigenvalue weighted by Gasteiger charge is -2.04. The third kappa shape index (κ3) is 5.58. The van der Waals surface area contributed by atoms with E-state index in [1.807, 2.05) is 13.8 Å². The maximum atomic E-state index is 10.9. The highest BCUT2D eigenvalue weighted by molar-refractivity contribution is 5.97. The number of carbonyl (C=O) groups is 2. The summed E-state index contributed by atoms with van der Waals surface area (Å²) >= 11 is 0. The van der Waals surface area contributed by atoms with Crippen molar-refractivity contribution in [2.24, 2.45) is 11.7 Å². The summed E-state index contributed by atoms with van der Waals surface area (Å²) < 4.78 is 0. The van der Waals surface area contributed by atoms with Crippen molar-refractivity contribution < 1.29 is 9.59 Å². The fraction of sp³-hybridized carbons (Fsp3) is 0.750. The summed E-state index contributed by atoms with van der Waals surface area (Å²) in [7, 11) is 0. The Labute approximate surface area is 67.0 Å². The van der Waals surface area contributed by atoms with E-state index >= 15 is 0 Å². The number of hydrogen-bond acceptors (Lipinski definition) is 2. The van der Waals surface area contributed by atoms with Gasteiger partial charge >= 0.3 is 0 Å². The van der Waals surface area contributed by atoms with Gasteiger partial charge in [-0.3, -0.25) is 9.59 Å². The maximum absolute atomic E-state index is 10.9. The topological polar surface area (TPSA) is 60.2 Å². The first-order chi connectivity index (χ1) is 5.06. The van der Waals surface area contributed by atoms with Gasteiger partial charge in [-0.1, -0.05) is 20.3 Å². The summed E-state index contributed by atoms with van der Waals surface area (Å²) in [6.07, 6.45) is 1.33. The van der Waals surface area contributed by atoms with Gasteiger partial charge in [0, 0.05) is 6.42 Å². The molecule has 0 saturated heterocycles. The van der Waals surface area contributed by atoms with E-state index in [9.17, 15) is 9.59 Å². The van der Waals surface area contributed by atoms with Crippen molar-refractivity contribution in [1.29, 1.82) is 0 Å². The quantitative estimate of drug-likeness (QED) is 0.602. The number of carbonyl (C=O) groups excluding carboxylic acids is 2. The number of nitrogens with two attached hydrogens (primary N) is 1. The molecule has 3 heteroatoms. The highest BCUT2D eigenvalue weighted by Crippen LogP contribution is 2.07. The highest BCUT2D eigenvalue weighted by Gasteiger charge is 2.09. The molecule has 0 aromatic rings. The summed E-state index contributed by atoms with van der Waals surface area (Å²) in [4.78, 5) is 21.2. The molecular weight excluding hydrogens is 142 g/mol. The van der Waals surface area contributed by atoms with E-state index < -0.39 is 5.91 Å². The number of amides is 1. The fourth-order valence-electron chi connectivity index (χ4n) is 0.799. The second-order valence-electron chi connectivity index (χ2n) is 2.90. The summed E-state index contributed by atoms with van der Waals surface area (Å²) in [5, 5.41) is 0. The van der Waals surface area contributed by atoms with Gasteiger partial charge in [-0.05, 0) is 5.92 Å². The lowest BCUT2D eigenvalue weighted by atomic mass is 10.0. The van der Waals surface area contributed by atoms with Crippen molar-refractivity contribution in [3.8, 4) is 0 Å². The Hall–Kier alpha value is -0.860. The molecule has 0 fully saturated rings. The van der Waals surface area contributed by atoms with Crippen LogP contribution >= 0.6 is 0 Å². The van der Waals surface area contributed by atoms with Crippen molar-refractivity contribution in [2.75, 3.05) is 0 Å². The molecule has 0 heterocycles. The van der Waals surface area contributed by atoms with Gasteiger partial charge in [0.15, 0.2) is 0 Å². The van der Waals surface area contributed by atoms with Crippen molar-refractivity contribution in [2.45, 2.75) is 33.1 Å². The van der Waals surface area contributed by atoms with Gasteiger partial charge in [0.25, 0.3) is 0 Å². The van der Waals surface area contributed by atoms with Crippen LogP contribution in [0.2, 0.25) is 0 Å². The van der Waals surface area contributed by atoms with Crippen molar-refractivity contribution in [3.05, 3.63) is 0 Å². The molecule has 1 amide bonds. The van der Waals surface area contributed by atoms with Gasteiger partial charge in [-0.25, -0.2) is 0 Å². The zero-order valence-electron chi connectivity index (χ0n) is 7.09. The Morgan fingerprint density at radius 1 is 1.45 bits per heavy atom. The number of hydrogen-bond donors (Lipinski definition) is 1. The lowest BCUT2D eigenvalue weighted by Crippen LogP contribution is -2.17. The van der Waals surface area contributed by atoms with Crippen LogP contribution in [0, 0.1) is 5.92 Å². The molecule has 2 N–H and O–H groups in total. The standard InChI is InChI=1S/C8H15NO2/c1-3-6(2)4-7(10)5-8(9)11/h6H,3-5H2,1-2H3,(H2,9,11). The zero-order valence-corrected chi connectivity index (χ0v) is 7.09. The second kappa shape index (κ2) is 4.88. The lowest BCUT2D eigenvalue weighted by molar-refractivity contribution is -0.126. The summed E-state index contributed by atoms with van der Waals surface area (Å²) in [6.45, 7) is 4.00. The molecule has 1 atom stereocenters. The minimum absolute atomic E-state index is 0.0492. The van der Waals surface area contributed by atoms with Crippen LogP contribution in [0.25, 0.3) is 0 Å². The van der Waals surface area contributed by atoms with Gasteiger partial charge in [0.05, 0.1) is 6.42 Å². The van der Waals surface area contributed by atoms with Crippen LogP contribution < -0.4 is 5.73 Å². The van der Waals surface area contributed by atoms with E-state index in [0.717, 1.165) is 6.42 Å². The first kappa shape index (κ1) is 10.1. The van der Waals surface area contributed by atoms with Crippen molar-refractivity contribution >= 4 is 11.7 Å². The maximum Gasteiger partial charge on any atom is 0.224 e. The van der Waals surface area contributed by atoms with E-state index in [0.29, 0.717) is 12.3 Å². The summed E-state index contributed by atoms with van der Waals surface area (Å²) in [5.74, 6) is -0.216. The molecule has 0 aliphatic heterocycles. The molecular formula is C8H15NO2. The minimum atomic E-state index is -0.529. The molecule has 0 saturated carbocycles. The van der Waals surface area contributed by atoms with Crippen LogP contribution in [-0.4, -0.2) is 11.7 Å². The number of rotatable bonds is 5. The minimum Gasteiger partial charge on any atom is -0.369 e. The van der Waals surface area contributed by atoms with E-state index in [4.69, 9.17) is 5.73 Å². The average Bonchev–Trinajstić information content (AvgIpc) is 1.85. The Morgan fingerprint density at radius 2 is 2.00 bits per heavy atom. The largest absolute Gasteiger partial charge is 0.369 e. The monoisotopic (exact) mass is 157 g/mol. The molecule has 0 spiro atoms. The van der Waals surface area contributed by atoms with Crippen molar-refractivity contribution in [3.63, 3.8) is 0 Å². The highest BCUT2D eigenvalue weighted by atomic mass is 16.2. The van der Waals surface area contributed by atoms with E-state index in [1.54, 1.807) is 0 Å². The third-order valence-corrected chi connectivity index (χ3v) is 1.64. The fourth-order valence-corrected chi connectivity index (χ4v) is 0.799. The van der Waals surface area contributed by atoms with Crippen LogP contribution in [0.1, 0.15) is 33.1 Å². The third-order valence-electron chi connectivity index (χ3n) is 1.64. The van der Waals surface area contributed by atoms with Gasteiger partial charge in [-0.2, -0.15) is 0 Å². The molecule has 0 radical (unpaired) electrons. The smallest absolute Gasteiger partial charge is 0.224 e. The zero-order chi connectivity index (χ0) is 8.85. The van der Waals surface area contributed by atoms with Gasteiger partial charge in [0.1, 0.15) is 5.78 Å². The first-order valence-electron chi connectivity index (χ1n) is 3.86. The van der Waals surface area contributed by atoms with Crippen LogP contribution in [0.3, 0.4) is 0 Å². The summed E-state index contributed by atoms with van der Waals surface area (Å²) in [6, 6.07) is 0. The number of ketones is 1. The predicted octanol–water partition coefficient (Wildman–Crippen LogP) is 0.867. The van der Waals surface area contributed by atoms with E-state index in [2.05, 4.69) is 0 Å². The molecule has 0 bridgehead atoms. The molecule has 1 unspecified atom stereocenters. The predicted molar refractivity (Wildman–Crippen MR) is 42.9 cm³/mol. The van der Waals surface area contributed by atoms with Crippen LogP contribution in [0.15, 0.2) is 0 Å². The molecule has 0 aliphatic rings. The van der Waals surface area contributed by atoms with Crippen molar-refractivity contribution in [1.82, 2.24) is 0 Å². The van der Waals surface area contributed by atoms with Gasteiger partial charge in [0.2, 0.25) is 5.91 Å². The number of Topliss-reactive ketones (excluding diaryl/α,β-unsaturated/α-hetero) is 1. The van der Waals surface area contributed by atoms with Crippen LogP contribution in [0.4, 0.5) is 0 Å². The SMILES string of the molecule is CCC(C)CC(=O)CC(N)=O. The van der Waals surface area contributed by atoms with E-state index in [-0.39, 0.29) is 12.2 Å². The Morgan fingerprint density at radius 3 is 2.36 bits per heavy atom. The molecule has 3 nitrogen and oxygen atoms in total. The Balaban J connectivity index is 3.60. The van der Waals surface area contributed by atoms with E-state index in [1.165, 1.54) is 0 Å². The number of primary amides is 1. The first-order valence-corrected chi connectivity index (χ1v) is 3.86. The molecule has 0 aromatic carbocycles.